The van der Waals surface area contributed by atoms with Crippen molar-refractivity contribution >= 4 is 5.78 Å². The van der Waals surface area contributed by atoms with E-state index in [-0.39, 0.29) is 17.3 Å². The average molecular weight is 327 g/mol. The number of hydrogen-bond donors (Lipinski definition) is 1. The zero-order chi connectivity index (χ0) is 17.2. The molecule has 130 valence electrons. The molecule has 0 aromatic carbocycles. The van der Waals surface area contributed by atoms with E-state index in [1.165, 1.54) is 5.57 Å². The van der Waals surface area contributed by atoms with Crippen LogP contribution >= 0.6 is 0 Å². The number of hydrogen-bond acceptors (Lipinski definition) is 3. The highest BCUT2D eigenvalue weighted by Gasteiger charge is 2.63. The number of nitriles is 1. The first-order valence-electron chi connectivity index (χ1n) is 9.67. The second kappa shape index (κ2) is 5.18. The van der Waals surface area contributed by atoms with Gasteiger partial charge in [0, 0.05) is 11.8 Å². The van der Waals surface area contributed by atoms with E-state index in [4.69, 9.17) is 0 Å². The van der Waals surface area contributed by atoms with Gasteiger partial charge in [-0.15, -0.1) is 0 Å². The lowest BCUT2D eigenvalue weighted by Crippen LogP contribution is -2.54. The van der Waals surface area contributed by atoms with E-state index in [2.05, 4.69) is 19.9 Å². The van der Waals surface area contributed by atoms with Gasteiger partial charge in [-0.1, -0.05) is 19.4 Å². The van der Waals surface area contributed by atoms with Crippen LogP contribution in [0.2, 0.25) is 0 Å². The maximum absolute atomic E-state index is 11.9. The smallest absolute Gasteiger partial charge is 0.155 e. The molecule has 3 heteroatoms. The number of carbonyl (C=O) groups excluding carboxylic acids is 1. The monoisotopic (exact) mass is 327 g/mol. The van der Waals surface area contributed by atoms with Crippen LogP contribution in [0.4, 0.5) is 0 Å². The van der Waals surface area contributed by atoms with Gasteiger partial charge in [-0.2, -0.15) is 5.26 Å². The maximum atomic E-state index is 11.9. The molecule has 3 fully saturated rings. The van der Waals surface area contributed by atoms with Crippen molar-refractivity contribution < 1.29 is 9.90 Å². The molecule has 4 aliphatic rings. The molecule has 4 rings (SSSR count). The third-order valence-electron chi connectivity index (χ3n) is 8.66. The number of ketones is 1. The number of fused-ring (bicyclic) bond motifs is 5. The van der Waals surface area contributed by atoms with Gasteiger partial charge in [-0.25, -0.2) is 0 Å². The van der Waals surface area contributed by atoms with E-state index in [0.29, 0.717) is 30.0 Å². The Hall–Kier alpha value is -1.14. The summed E-state index contributed by atoms with van der Waals surface area (Å²) in [7, 11) is 0. The van der Waals surface area contributed by atoms with E-state index in [9.17, 15) is 15.2 Å². The van der Waals surface area contributed by atoms with Crippen LogP contribution < -0.4 is 0 Å². The summed E-state index contributed by atoms with van der Waals surface area (Å²) in [5.41, 5.74) is 0.686. The van der Waals surface area contributed by atoms with Crippen molar-refractivity contribution in [2.75, 3.05) is 0 Å². The van der Waals surface area contributed by atoms with E-state index in [1.807, 2.05) is 6.08 Å². The zero-order valence-electron chi connectivity index (χ0n) is 15.0. The fourth-order valence-corrected chi connectivity index (χ4v) is 7.09. The zero-order valence-corrected chi connectivity index (χ0v) is 15.0. The normalized spacial score (nSPS) is 50.3. The lowest BCUT2D eigenvalue weighted by Gasteiger charge is -2.59. The van der Waals surface area contributed by atoms with Crippen LogP contribution in [0, 0.1) is 39.9 Å². The quantitative estimate of drug-likeness (QED) is 0.786. The summed E-state index contributed by atoms with van der Waals surface area (Å²) in [5.74, 6) is 2.14. The Morgan fingerprint density at radius 2 is 1.92 bits per heavy atom. The lowest BCUT2D eigenvalue weighted by atomic mass is 9.46. The first-order valence-corrected chi connectivity index (χ1v) is 9.67. The molecule has 0 aromatic heterocycles. The second-order valence-electron chi connectivity index (χ2n) is 9.33. The number of rotatable bonds is 1. The van der Waals surface area contributed by atoms with Crippen molar-refractivity contribution in [3.8, 4) is 6.07 Å². The maximum Gasteiger partial charge on any atom is 0.155 e. The van der Waals surface area contributed by atoms with Crippen LogP contribution in [0.5, 0.6) is 0 Å². The van der Waals surface area contributed by atoms with E-state index in [1.54, 1.807) is 0 Å². The minimum absolute atomic E-state index is 0.105. The van der Waals surface area contributed by atoms with Crippen molar-refractivity contribution in [3.05, 3.63) is 11.6 Å². The highest BCUT2D eigenvalue weighted by atomic mass is 16.3. The van der Waals surface area contributed by atoms with Crippen LogP contribution in [0.1, 0.15) is 71.6 Å². The summed E-state index contributed by atoms with van der Waals surface area (Å²) in [4.78, 5) is 11.9. The van der Waals surface area contributed by atoms with Crippen LogP contribution in [0.25, 0.3) is 0 Å². The molecule has 3 saturated carbocycles. The Morgan fingerprint density at radius 3 is 2.67 bits per heavy atom. The molecule has 0 bridgehead atoms. The van der Waals surface area contributed by atoms with Gasteiger partial charge in [0.2, 0.25) is 0 Å². The average Bonchev–Trinajstić information content (AvgIpc) is 2.80. The largest absolute Gasteiger partial charge is 0.388 e. The Labute approximate surface area is 145 Å². The van der Waals surface area contributed by atoms with E-state index >= 15 is 0 Å². The molecule has 0 aliphatic heterocycles. The Bertz CT molecular complexity index is 647. The van der Waals surface area contributed by atoms with Crippen LogP contribution in [-0.2, 0) is 4.79 Å². The number of nitrogens with zero attached hydrogens (tertiary/aromatic N) is 1. The second-order valence-corrected chi connectivity index (χ2v) is 9.33. The third-order valence-corrected chi connectivity index (χ3v) is 8.66. The molecule has 0 saturated heterocycles. The molecule has 24 heavy (non-hydrogen) atoms. The molecular weight excluding hydrogens is 298 g/mol. The van der Waals surface area contributed by atoms with Gasteiger partial charge in [-0.3, -0.25) is 4.79 Å². The summed E-state index contributed by atoms with van der Waals surface area (Å²) < 4.78 is 0. The molecule has 1 N–H and O–H groups in total. The van der Waals surface area contributed by atoms with Crippen molar-refractivity contribution in [1.82, 2.24) is 0 Å². The van der Waals surface area contributed by atoms with Crippen molar-refractivity contribution in [1.29, 1.82) is 5.26 Å². The first-order chi connectivity index (χ1) is 11.3. The number of allylic oxidation sites excluding steroid dienone is 1. The Balaban J connectivity index is 1.67. The Kier molecular flexibility index (Phi) is 3.52. The van der Waals surface area contributed by atoms with Gasteiger partial charge >= 0.3 is 0 Å². The summed E-state index contributed by atoms with van der Waals surface area (Å²) in [5, 5.41) is 20.4. The van der Waals surface area contributed by atoms with Gasteiger partial charge in [-0.05, 0) is 74.2 Å². The van der Waals surface area contributed by atoms with Gasteiger partial charge < -0.3 is 5.11 Å². The standard InChI is InChI=1S/C21H29NO2/c1-19-8-5-15(23)13-14(19)3-4-16-17(19)6-9-20(2)18(16)7-10-21(20,24)11-12-22/h13,16-18,24H,3-11H2,1-2H3/t16-,17+,18-,19+,20-,21+/m1/s1. The predicted molar refractivity (Wildman–Crippen MR) is 91.9 cm³/mol. The van der Waals surface area contributed by atoms with Gasteiger partial charge in [0.15, 0.2) is 5.78 Å². The van der Waals surface area contributed by atoms with Crippen molar-refractivity contribution in [2.45, 2.75) is 77.2 Å². The molecule has 3 nitrogen and oxygen atoms in total. The topological polar surface area (TPSA) is 61.1 Å². The molecular formula is C21H29NO2. The summed E-state index contributed by atoms with van der Waals surface area (Å²) >= 11 is 0. The number of aliphatic hydroxyl groups is 1. The fourth-order valence-electron chi connectivity index (χ4n) is 7.09. The van der Waals surface area contributed by atoms with Crippen LogP contribution in [0.3, 0.4) is 0 Å². The molecule has 0 radical (unpaired) electrons. The minimum atomic E-state index is -0.795. The highest BCUT2D eigenvalue weighted by molar-refractivity contribution is 5.91. The lowest BCUT2D eigenvalue weighted by molar-refractivity contribution is -0.128. The molecule has 0 aromatic rings. The molecule has 0 unspecified atom stereocenters. The van der Waals surface area contributed by atoms with Gasteiger partial charge in [0.25, 0.3) is 0 Å². The predicted octanol–water partition coefficient (Wildman–Crippen LogP) is 4.16. The SMILES string of the molecule is C[C@]12CCC(=O)C=C1CC[C@H]1[C@H]3CC[C@](O)(CC#N)[C@]3(C)CC[C@@H]12. The highest BCUT2D eigenvalue weighted by Crippen LogP contribution is 2.67. The van der Waals surface area contributed by atoms with Crippen LogP contribution in [-0.4, -0.2) is 16.5 Å². The summed E-state index contributed by atoms with van der Waals surface area (Å²) in [6.45, 7) is 4.64. The van der Waals surface area contributed by atoms with E-state index < -0.39 is 5.60 Å². The molecule has 0 amide bonds. The number of carbonyl (C=O) groups is 1. The van der Waals surface area contributed by atoms with Crippen molar-refractivity contribution in [2.24, 2.45) is 28.6 Å². The van der Waals surface area contributed by atoms with Gasteiger partial charge in [0.05, 0.1) is 18.1 Å². The Morgan fingerprint density at radius 1 is 1.17 bits per heavy atom. The van der Waals surface area contributed by atoms with Crippen molar-refractivity contribution in [3.63, 3.8) is 0 Å². The summed E-state index contributed by atoms with van der Waals surface area (Å²) in [6, 6.07) is 2.24. The summed E-state index contributed by atoms with van der Waals surface area (Å²) in [6.07, 6.45) is 10.1. The molecule has 0 heterocycles. The van der Waals surface area contributed by atoms with E-state index in [0.717, 1.165) is 44.9 Å². The third kappa shape index (κ3) is 1.96. The molecule has 4 aliphatic carbocycles. The molecule has 0 spiro atoms. The fraction of sp³-hybridized carbons (Fsp3) is 0.810. The van der Waals surface area contributed by atoms with Crippen LogP contribution in [0.15, 0.2) is 11.6 Å². The molecule has 6 atom stereocenters. The first kappa shape index (κ1) is 16.3. The van der Waals surface area contributed by atoms with Gasteiger partial charge in [0.1, 0.15) is 0 Å². The minimum Gasteiger partial charge on any atom is -0.388 e.